The summed E-state index contributed by atoms with van der Waals surface area (Å²) in [5, 5.41) is 0.177. The number of halogens is 2. The molecule has 1 aromatic carbocycles. The van der Waals surface area contributed by atoms with E-state index in [0.29, 0.717) is 11.5 Å². The Balaban J connectivity index is 2.08. The Morgan fingerprint density at radius 2 is 2.00 bits per heavy atom. The van der Waals surface area contributed by atoms with E-state index in [0.717, 1.165) is 0 Å². The third-order valence-electron chi connectivity index (χ3n) is 2.65. The SMILES string of the molecule is COC(=O)C(COc1ccc(F)cc1)c1ccc(Cl)o1. The number of furan rings is 1. The molecule has 0 amide bonds. The molecular formula is C14H12ClFO4. The molecule has 0 saturated carbocycles. The zero-order valence-electron chi connectivity index (χ0n) is 10.6. The summed E-state index contributed by atoms with van der Waals surface area (Å²) in [5.41, 5.74) is 0. The van der Waals surface area contributed by atoms with Gasteiger partial charge in [-0.25, -0.2) is 4.39 Å². The molecule has 1 unspecified atom stereocenters. The van der Waals surface area contributed by atoms with Gasteiger partial charge in [0.05, 0.1) is 7.11 Å². The van der Waals surface area contributed by atoms with E-state index in [-0.39, 0.29) is 17.6 Å². The molecular weight excluding hydrogens is 287 g/mol. The van der Waals surface area contributed by atoms with Gasteiger partial charge in [0, 0.05) is 0 Å². The predicted octanol–water partition coefficient (Wildman–Crippen LogP) is 3.41. The molecule has 0 saturated heterocycles. The molecule has 2 aromatic rings. The van der Waals surface area contributed by atoms with Crippen molar-refractivity contribution in [1.82, 2.24) is 0 Å². The molecule has 0 N–H and O–H groups in total. The minimum absolute atomic E-state index is 0.00213. The lowest BCUT2D eigenvalue weighted by atomic mass is 10.1. The fraction of sp³-hybridized carbons (Fsp3) is 0.214. The average molecular weight is 299 g/mol. The van der Waals surface area contributed by atoms with Crippen molar-refractivity contribution in [3.63, 3.8) is 0 Å². The second kappa shape index (κ2) is 6.43. The molecule has 1 atom stereocenters. The molecule has 0 spiro atoms. The van der Waals surface area contributed by atoms with Gasteiger partial charge in [0.25, 0.3) is 0 Å². The number of rotatable bonds is 5. The Labute approximate surface area is 120 Å². The normalized spacial score (nSPS) is 11.9. The highest BCUT2D eigenvalue weighted by Crippen LogP contribution is 2.24. The van der Waals surface area contributed by atoms with E-state index < -0.39 is 11.9 Å². The number of benzene rings is 1. The summed E-state index contributed by atoms with van der Waals surface area (Å²) in [5.74, 6) is -0.808. The first-order valence-electron chi connectivity index (χ1n) is 5.81. The molecule has 0 bridgehead atoms. The molecule has 20 heavy (non-hydrogen) atoms. The molecule has 1 aromatic heterocycles. The van der Waals surface area contributed by atoms with Crippen molar-refractivity contribution in [2.24, 2.45) is 0 Å². The molecule has 2 rings (SSSR count). The third-order valence-corrected chi connectivity index (χ3v) is 2.86. The van der Waals surface area contributed by atoms with Crippen molar-refractivity contribution < 1.29 is 23.1 Å². The van der Waals surface area contributed by atoms with Crippen LogP contribution in [0.25, 0.3) is 0 Å². The van der Waals surface area contributed by atoms with Crippen molar-refractivity contribution >= 4 is 17.6 Å². The van der Waals surface area contributed by atoms with Crippen molar-refractivity contribution in [2.75, 3.05) is 13.7 Å². The van der Waals surface area contributed by atoms with E-state index in [1.54, 1.807) is 6.07 Å². The van der Waals surface area contributed by atoms with Gasteiger partial charge in [0.15, 0.2) is 5.22 Å². The van der Waals surface area contributed by atoms with Gasteiger partial charge in [0.2, 0.25) is 0 Å². The largest absolute Gasteiger partial charge is 0.492 e. The monoisotopic (exact) mass is 298 g/mol. The highest BCUT2D eigenvalue weighted by Gasteiger charge is 2.26. The molecule has 4 nitrogen and oxygen atoms in total. The quantitative estimate of drug-likeness (QED) is 0.794. The lowest BCUT2D eigenvalue weighted by Gasteiger charge is -2.13. The van der Waals surface area contributed by atoms with Crippen LogP contribution in [0.2, 0.25) is 5.22 Å². The Morgan fingerprint density at radius 3 is 2.55 bits per heavy atom. The molecule has 6 heteroatoms. The molecule has 0 aliphatic carbocycles. The predicted molar refractivity (Wildman–Crippen MR) is 70.4 cm³/mol. The van der Waals surface area contributed by atoms with Crippen LogP contribution >= 0.6 is 11.6 Å². The summed E-state index contributed by atoms with van der Waals surface area (Å²) in [7, 11) is 1.28. The number of ether oxygens (including phenoxy) is 2. The molecule has 0 radical (unpaired) electrons. The van der Waals surface area contributed by atoms with Gasteiger partial charge in [-0.3, -0.25) is 4.79 Å². The van der Waals surface area contributed by atoms with Gasteiger partial charge in [-0.2, -0.15) is 0 Å². The minimum Gasteiger partial charge on any atom is -0.492 e. The number of hydrogen-bond acceptors (Lipinski definition) is 4. The van der Waals surface area contributed by atoms with Crippen LogP contribution in [0.15, 0.2) is 40.8 Å². The first kappa shape index (κ1) is 14.4. The minimum atomic E-state index is -0.738. The van der Waals surface area contributed by atoms with Crippen molar-refractivity contribution in [2.45, 2.75) is 5.92 Å². The summed E-state index contributed by atoms with van der Waals surface area (Å²) >= 11 is 5.69. The zero-order valence-corrected chi connectivity index (χ0v) is 11.4. The first-order valence-corrected chi connectivity index (χ1v) is 6.19. The van der Waals surface area contributed by atoms with E-state index in [1.807, 2.05) is 0 Å². The van der Waals surface area contributed by atoms with Crippen LogP contribution in [0.3, 0.4) is 0 Å². The van der Waals surface area contributed by atoms with Crippen molar-refractivity contribution in [3.05, 3.63) is 53.2 Å². The fourth-order valence-corrected chi connectivity index (χ4v) is 1.79. The summed E-state index contributed by atoms with van der Waals surface area (Å²) < 4.78 is 28.1. The van der Waals surface area contributed by atoms with E-state index in [9.17, 15) is 9.18 Å². The van der Waals surface area contributed by atoms with Crippen LogP contribution < -0.4 is 4.74 Å². The molecule has 0 aliphatic heterocycles. The second-order valence-corrected chi connectivity index (χ2v) is 4.36. The highest BCUT2D eigenvalue weighted by molar-refractivity contribution is 6.28. The molecule has 0 fully saturated rings. The number of carbonyl (C=O) groups is 1. The van der Waals surface area contributed by atoms with Crippen molar-refractivity contribution in [1.29, 1.82) is 0 Å². The first-order chi connectivity index (χ1) is 9.60. The molecule has 1 heterocycles. The van der Waals surface area contributed by atoms with Crippen molar-refractivity contribution in [3.8, 4) is 5.75 Å². The van der Waals surface area contributed by atoms with Crippen LogP contribution in [0.5, 0.6) is 5.75 Å². The third kappa shape index (κ3) is 3.51. The highest BCUT2D eigenvalue weighted by atomic mass is 35.5. The maximum atomic E-state index is 12.8. The maximum absolute atomic E-state index is 12.8. The lowest BCUT2D eigenvalue weighted by molar-refractivity contribution is -0.143. The van der Waals surface area contributed by atoms with Crippen LogP contribution in [0.4, 0.5) is 4.39 Å². The standard InChI is InChI=1S/C14H12ClFO4/c1-18-14(17)11(12-6-7-13(15)20-12)8-19-10-4-2-9(16)3-5-10/h2-7,11H,8H2,1H3. The zero-order chi connectivity index (χ0) is 14.5. The summed E-state index contributed by atoms with van der Waals surface area (Å²) in [4.78, 5) is 11.7. The summed E-state index contributed by atoms with van der Waals surface area (Å²) in [6, 6.07) is 8.60. The number of carbonyl (C=O) groups excluding carboxylic acids is 1. The lowest BCUT2D eigenvalue weighted by Crippen LogP contribution is -2.20. The second-order valence-electron chi connectivity index (χ2n) is 3.98. The summed E-state index contributed by atoms with van der Waals surface area (Å²) in [6.45, 7) is 0.00213. The Hall–Kier alpha value is -2.01. The van der Waals surface area contributed by atoms with Gasteiger partial charge in [-0.15, -0.1) is 0 Å². The van der Waals surface area contributed by atoms with E-state index in [4.69, 9.17) is 25.5 Å². The van der Waals surface area contributed by atoms with Gasteiger partial charge in [-0.05, 0) is 48.0 Å². The van der Waals surface area contributed by atoms with Gasteiger partial charge in [0.1, 0.15) is 29.9 Å². The molecule has 0 aliphatic rings. The maximum Gasteiger partial charge on any atom is 0.319 e. The van der Waals surface area contributed by atoms with Crippen LogP contribution in [-0.4, -0.2) is 19.7 Å². The van der Waals surface area contributed by atoms with Crippen LogP contribution in [0.1, 0.15) is 11.7 Å². The Morgan fingerprint density at radius 1 is 1.30 bits per heavy atom. The van der Waals surface area contributed by atoms with Gasteiger partial charge >= 0.3 is 5.97 Å². The topological polar surface area (TPSA) is 48.7 Å². The Kier molecular flexibility index (Phi) is 4.63. The Bertz CT molecular complexity index is 579. The van der Waals surface area contributed by atoms with Gasteiger partial charge in [-0.1, -0.05) is 0 Å². The smallest absolute Gasteiger partial charge is 0.319 e. The number of esters is 1. The number of methoxy groups -OCH3 is 1. The molecule has 106 valence electrons. The van der Waals surface area contributed by atoms with Crippen LogP contribution in [-0.2, 0) is 9.53 Å². The van der Waals surface area contributed by atoms with E-state index in [1.165, 1.54) is 37.4 Å². The van der Waals surface area contributed by atoms with E-state index >= 15 is 0 Å². The summed E-state index contributed by atoms with van der Waals surface area (Å²) in [6.07, 6.45) is 0. The fourth-order valence-electron chi connectivity index (χ4n) is 1.63. The van der Waals surface area contributed by atoms with E-state index in [2.05, 4.69) is 0 Å². The van der Waals surface area contributed by atoms with Crippen LogP contribution in [0, 0.1) is 5.82 Å². The van der Waals surface area contributed by atoms with Gasteiger partial charge < -0.3 is 13.9 Å². The average Bonchev–Trinajstić information content (AvgIpc) is 2.87. The number of hydrogen-bond donors (Lipinski definition) is 0.